The lowest BCUT2D eigenvalue weighted by Gasteiger charge is -2.13. The predicted octanol–water partition coefficient (Wildman–Crippen LogP) is 2.10. The highest BCUT2D eigenvalue weighted by molar-refractivity contribution is 5.94. The van der Waals surface area contributed by atoms with E-state index in [1.54, 1.807) is 19.1 Å². The lowest BCUT2D eigenvalue weighted by Crippen LogP contribution is -2.32. The highest BCUT2D eigenvalue weighted by atomic mass is 16.2. The van der Waals surface area contributed by atoms with E-state index < -0.39 is 0 Å². The lowest BCUT2D eigenvalue weighted by molar-refractivity contribution is 0.0935. The number of nitrogens with one attached hydrogen (secondary N) is 2. The van der Waals surface area contributed by atoms with E-state index in [0.29, 0.717) is 0 Å². The lowest BCUT2D eigenvalue weighted by atomic mass is 10.1. The standard InChI is InChI=1S/C16H16N2O2/c1-10-6-8-13(15(19)17-10)16(20)18-14-9-7-11-4-2-3-5-12(11)14/h2-6,8,14H,7,9H2,1H3,(H,17,19)(H,18,20)/t14-/m0/s1. The zero-order valence-corrected chi connectivity index (χ0v) is 11.3. The topological polar surface area (TPSA) is 62.0 Å². The summed E-state index contributed by atoms with van der Waals surface area (Å²) in [7, 11) is 0. The van der Waals surface area contributed by atoms with Crippen LogP contribution in [0, 0.1) is 6.92 Å². The smallest absolute Gasteiger partial charge is 0.260 e. The van der Waals surface area contributed by atoms with Gasteiger partial charge in [-0.05, 0) is 43.0 Å². The first-order valence-corrected chi connectivity index (χ1v) is 6.74. The van der Waals surface area contributed by atoms with Crippen LogP contribution in [0.1, 0.15) is 39.6 Å². The van der Waals surface area contributed by atoms with Gasteiger partial charge in [-0.3, -0.25) is 9.59 Å². The van der Waals surface area contributed by atoms with Crippen LogP contribution in [0.5, 0.6) is 0 Å². The van der Waals surface area contributed by atoms with Crippen molar-refractivity contribution in [1.29, 1.82) is 0 Å². The van der Waals surface area contributed by atoms with E-state index >= 15 is 0 Å². The number of H-pyrrole nitrogens is 1. The van der Waals surface area contributed by atoms with Crippen LogP contribution in [0.3, 0.4) is 0 Å². The third-order valence-corrected chi connectivity index (χ3v) is 3.74. The molecule has 0 aliphatic heterocycles. The Kier molecular flexibility index (Phi) is 3.14. The van der Waals surface area contributed by atoms with Crippen LogP contribution < -0.4 is 10.9 Å². The zero-order valence-electron chi connectivity index (χ0n) is 11.3. The van der Waals surface area contributed by atoms with Gasteiger partial charge in [0.25, 0.3) is 11.5 Å². The SMILES string of the molecule is Cc1ccc(C(=O)N[C@H]2CCc3ccccc32)c(=O)[nH]1. The molecule has 1 amide bonds. The van der Waals surface area contributed by atoms with Gasteiger partial charge in [0.15, 0.2) is 0 Å². The molecule has 2 N–H and O–H groups in total. The van der Waals surface area contributed by atoms with Crippen LogP contribution in [0.4, 0.5) is 0 Å². The number of rotatable bonds is 2. The van der Waals surface area contributed by atoms with Crippen LogP contribution in [0.25, 0.3) is 0 Å². The van der Waals surface area contributed by atoms with Crippen molar-refractivity contribution in [2.75, 3.05) is 0 Å². The minimum absolute atomic E-state index is 0.000553. The summed E-state index contributed by atoms with van der Waals surface area (Å²) in [4.78, 5) is 26.6. The summed E-state index contributed by atoms with van der Waals surface area (Å²) in [5.74, 6) is -0.312. The maximum absolute atomic E-state index is 12.2. The molecule has 3 rings (SSSR count). The molecule has 0 bridgehead atoms. The first-order chi connectivity index (χ1) is 9.65. The third kappa shape index (κ3) is 2.25. The zero-order chi connectivity index (χ0) is 14.1. The Morgan fingerprint density at radius 3 is 2.85 bits per heavy atom. The van der Waals surface area contributed by atoms with Gasteiger partial charge in [-0.25, -0.2) is 0 Å². The number of aryl methyl sites for hydroxylation is 2. The summed E-state index contributed by atoms with van der Waals surface area (Å²) in [5.41, 5.74) is 3.01. The molecule has 1 aliphatic rings. The molecule has 4 heteroatoms. The van der Waals surface area contributed by atoms with Gasteiger partial charge in [-0.15, -0.1) is 0 Å². The van der Waals surface area contributed by atoms with Crippen molar-refractivity contribution < 1.29 is 4.79 Å². The largest absolute Gasteiger partial charge is 0.345 e. The normalized spacial score (nSPS) is 16.8. The first-order valence-electron chi connectivity index (χ1n) is 6.74. The number of fused-ring (bicyclic) bond motifs is 1. The molecule has 0 radical (unpaired) electrons. The second-order valence-corrected chi connectivity index (χ2v) is 5.15. The van der Waals surface area contributed by atoms with E-state index in [1.165, 1.54) is 5.56 Å². The monoisotopic (exact) mass is 268 g/mol. The number of benzene rings is 1. The Morgan fingerprint density at radius 1 is 1.25 bits per heavy atom. The Labute approximate surface area is 116 Å². The average Bonchev–Trinajstić information content (AvgIpc) is 2.82. The van der Waals surface area contributed by atoms with Crippen LogP contribution in [0.2, 0.25) is 0 Å². The van der Waals surface area contributed by atoms with Gasteiger partial charge >= 0.3 is 0 Å². The van der Waals surface area contributed by atoms with E-state index in [1.807, 2.05) is 18.2 Å². The average molecular weight is 268 g/mol. The quantitative estimate of drug-likeness (QED) is 0.876. The highest BCUT2D eigenvalue weighted by Crippen LogP contribution is 2.30. The molecule has 102 valence electrons. The van der Waals surface area contributed by atoms with Crippen molar-refractivity contribution >= 4 is 5.91 Å². The molecule has 20 heavy (non-hydrogen) atoms. The molecule has 1 aromatic heterocycles. The molecule has 0 unspecified atom stereocenters. The molecular weight excluding hydrogens is 252 g/mol. The fourth-order valence-electron chi connectivity index (χ4n) is 2.69. The third-order valence-electron chi connectivity index (χ3n) is 3.74. The molecule has 2 aromatic rings. The van der Waals surface area contributed by atoms with Crippen molar-refractivity contribution in [2.24, 2.45) is 0 Å². The maximum Gasteiger partial charge on any atom is 0.260 e. The number of hydrogen-bond donors (Lipinski definition) is 2. The van der Waals surface area contributed by atoms with Gasteiger partial charge in [0.2, 0.25) is 0 Å². The summed E-state index contributed by atoms with van der Waals surface area (Å²) < 4.78 is 0. The van der Waals surface area contributed by atoms with Crippen LogP contribution in [-0.4, -0.2) is 10.9 Å². The number of carbonyl (C=O) groups is 1. The number of hydrogen-bond acceptors (Lipinski definition) is 2. The van der Waals surface area contributed by atoms with E-state index in [-0.39, 0.29) is 23.1 Å². The van der Waals surface area contributed by atoms with E-state index in [0.717, 1.165) is 24.1 Å². The molecule has 1 heterocycles. The van der Waals surface area contributed by atoms with Crippen molar-refractivity contribution in [3.63, 3.8) is 0 Å². The molecule has 4 nitrogen and oxygen atoms in total. The number of amides is 1. The molecule has 1 aromatic carbocycles. The molecular formula is C16H16N2O2. The summed E-state index contributed by atoms with van der Waals surface area (Å²) in [6.45, 7) is 1.79. The molecule has 0 saturated heterocycles. The highest BCUT2D eigenvalue weighted by Gasteiger charge is 2.24. The van der Waals surface area contributed by atoms with Crippen molar-refractivity contribution in [1.82, 2.24) is 10.3 Å². The first kappa shape index (κ1) is 12.7. The van der Waals surface area contributed by atoms with E-state index in [2.05, 4.69) is 16.4 Å². The van der Waals surface area contributed by atoms with Gasteiger partial charge in [0.1, 0.15) is 5.56 Å². The van der Waals surface area contributed by atoms with Crippen molar-refractivity contribution in [3.05, 3.63) is 69.1 Å². The Balaban J connectivity index is 1.82. The summed E-state index contributed by atoms with van der Waals surface area (Å²) in [5, 5.41) is 2.95. The van der Waals surface area contributed by atoms with E-state index in [4.69, 9.17) is 0 Å². The van der Waals surface area contributed by atoms with Gasteiger partial charge in [-0.1, -0.05) is 24.3 Å². The second-order valence-electron chi connectivity index (χ2n) is 5.15. The molecule has 0 fully saturated rings. The Hall–Kier alpha value is -2.36. The second kappa shape index (κ2) is 4.96. The Morgan fingerprint density at radius 2 is 2.05 bits per heavy atom. The predicted molar refractivity (Wildman–Crippen MR) is 76.8 cm³/mol. The van der Waals surface area contributed by atoms with Crippen molar-refractivity contribution in [2.45, 2.75) is 25.8 Å². The van der Waals surface area contributed by atoms with Crippen LogP contribution >= 0.6 is 0 Å². The number of aromatic nitrogens is 1. The van der Waals surface area contributed by atoms with Gasteiger partial charge < -0.3 is 10.3 Å². The summed E-state index contributed by atoms with van der Waals surface area (Å²) in [6, 6.07) is 11.4. The molecule has 1 aliphatic carbocycles. The number of pyridine rings is 1. The number of aromatic amines is 1. The maximum atomic E-state index is 12.2. The number of carbonyl (C=O) groups excluding carboxylic acids is 1. The Bertz CT molecular complexity index is 718. The van der Waals surface area contributed by atoms with Crippen LogP contribution in [-0.2, 0) is 6.42 Å². The van der Waals surface area contributed by atoms with Crippen LogP contribution in [0.15, 0.2) is 41.2 Å². The summed E-state index contributed by atoms with van der Waals surface area (Å²) >= 11 is 0. The fraction of sp³-hybridized carbons (Fsp3) is 0.250. The van der Waals surface area contributed by atoms with Gasteiger partial charge in [-0.2, -0.15) is 0 Å². The molecule has 0 saturated carbocycles. The van der Waals surface area contributed by atoms with Gasteiger partial charge in [0.05, 0.1) is 6.04 Å². The summed E-state index contributed by atoms with van der Waals surface area (Å²) in [6.07, 6.45) is 1.85. The van der Waals surface area contributed by atoms with E-state index in [9.17, 15) is 9.59 Å². The van der Waals surface area contributed by atoms with Gasteiger partial charge in [0, 0.05) is 5.69 Å². The minimum atomic E-state index is -0.339. The minimum Gasteiger partial charge on any atom is -0.345 e. The molecule has 0 spiro atoms. The fourth-order valence-corrected chi connectivity index (χ4v) is 2.69. The van der Waals surface area contributed by atoms with Crippen molar-refractivity contribution in [3.8, 4) is 0 Å². The molecule has 1 atom stereocenters.